The van der Waals surface area contributed by atoms with E-state index in [-0.39, 0.29) is 11.9 Å². The van der Waals surface area contributed by atoms with Crippen molar-refractivity contribution in [2.45, 2.75) is 25.4 Å². The molecular formula is C23H31N3O3S. The summed E-state index contributed by atoms with van der Waals surface area (Å²) in [6.45, 7) is 6.21. The summed E-state index contributed by atoms with van der Waals surface area (Å²) in [4.78, 5) is 20.0. The van der Waals surface area contributed by atoms with E-state index in [1.54, 1.807) is 25.6 Å². The Bertz CT molecular complexity index is 834. The van der Waals surface area contributed by atoms with E-state index in [1.165, 1.54) is 5.56 Å². The van der Waals surface area contributed by atoms with Gasteiger partial charge >= 0.3 is 0 Å². The first-order valence-electron chi connectivity index (χ1n) is 10.6. The summed E-state index contributed by atoms with van der Waals surface area (Å²) in [6.07, 6.45) is 1.98. The second kappa shape index (κ2) is 9.81. The second-order valence-electron chi connectivity index (χ2n) is 8.04. The van der Waals surface area contributed by atoms with Crippen LogP contribution in [-0.2, 0) is 11.3 Å². The molecule has 4 rings (SSSR count). The average Bonchev–Trinajstić information content (AvgIpc) is 3.46. The number of carbonyl (C=O) groups excluding carboxylic acids is 1. The van der Waals surface area contributed by atoms with Crippen LogP contribution in [0.5, 0.6) is 11.5 Å². The molecule has 1 aromatic heterocycles. The molecule has 0 aliphatic carbocycles. The van der Waals surface area contributed by atoms with Crippen molar-refractivity contribution < 1.29 is 14.3 Å². The number of carbonyl (C=O) groups is 1. The zero-order valence-corrected chi connectivity index (χ0v) is 18.7. The van der Waals surface area contributed by atoms with Gasteiger partial charge in [-0.1, -0.05) is 0 Å². The van der Waals surface area contributed by atoms with Crippen molar-refractivity contribution in [3.63, 3.8) is 0 Å². The summed E-state index contributed by atoms with van der Waals surface area (Å²) >= 11 is 1.75. The largest absolute Gasteiger partial charge is 0.497 e. The van der Waals surface area contributed by atoms with Crippen LogP contribution in [0.1, 0.15) is 30.0 Å². The Hall–Kier alpha value is -2.09. The molecule has 2 saturated heterocycles. The zero-order valence-electron chi connectivity index (χ0n) is 17.9. The van der Waals surface area contributed by atoms with Crippen molar-refractivity contribution in [1.29, 1.82) is 0 Å². The predicted octanol–water partition coefficient (Wildman–Crippen LogP) is 3.25. The lowest BCUT2D eigenvalue weighted by Gasteiger charge is -2.35. The Morgan fingerprint density at radius 1 is 1.07 bits per heavy atom. The number of amides is 1. The van der Waals surface area contributed by atoms with E-state index in [9.17, 15) is 4.79 Å². The fourth-order valence-corrected chi connectivity index (χ4v) is 5.18. The van der Waals surface area contributed by atoms with Crippen LogP contribution >= 0.6 is 11.3 Å². The van der Waals surface area contributed by atoms with Crippen LogP contribution in [0, 0.1) is 0 Å². The van der Waals surface area contributed by atoms with Crippen LogP contribution < -0.4 is 9.47 Å². The average molecular weight is 430 g/mol. The summed E-state index contributed by atoms with van der Waals surface area (Å²) < 4.78 is 11.0. The Labute approximate surface area is 183 Å². The summed E-state index contributed by atoms with van der Waals surface area (Å²) in [6, 6.07) is 8.10. The van der Waals surface area contributed by atoms with Crippen LogP contribution in [0.3, 0.4) is 0 Å². The van der Waals surface area contributed by atoms with Gasteiger partial charge < -0.3 is 14.4 Å². The zero-order chi connectivity index (χ0) is 20.9. The van der Waals surface area contributed by atoms with Crippen LogP contribution in [-0.4, -0.2) is 74.1 Å². The molecule has 2 aliphatic rings. The predicted molar refractivity (Wildman–Crippen MR) is 119 cm³/mol. The summed E-state index contributed by atoms with van der Waals surface area (Å²) in [7, 11) is 3.35. The molecule has 1 unspecified atom stereocenters. The monoisotopic (exact) mass is 429 g/mol. The maximum absolute atomic E-state index is 13.2. The minimum atomic E-state index is 0.0578. The van der Waals surface area contributed by atoms with E-state index in [0.717, 1.165) is 69.2 Å². The lowest BCUT2D eigenvalue weighted by Crippen LogP contribution is -2.49. The molecule has 0 radical (unpaired) electrons. The van der Waals surface area contributed by atoms with Crippen LogP contribution in [0.4, 0.5) is 0 Å². The van der Waals surface area contributed by atoms with Crippen LogP contribution in [0.2, 0.25) is 0 Å². The standard InChI is InChI=1S/C23H31N3O3S/c1-28-19-5-6-22(29-2)20(14-19)21-4-3-8-26(21)23(27)16-25-11-9-24(10-12-25)15-18-7-13-30-17-18/h5-7,13-14,17,21H,3-4,8-12,15-16H2,1-2H3. The van der Waals surface area contributed by atoms with Gasteiger partial charge in [-0.15, -0.1) is 0 Å². The molecule has 2 aliphatic heterocycles. The fourth-order valence-electron chi connectivity index (χ4n) is 4.52. The van der Waals surface area contributed by atoms with Gasteiger partial charge in [0.15, 0.2) is 0 Å². The van der Waals surface area contributed by atoms with Gasteiger partial charge in [0.25, 0.3) is 0 Å². The van der Waals surface area contributed by atoms with Crippen molar-refractivity contribution in [2.75, 3.05) is 53.5 Å². The molecular weight excluding hydrogens is 398 g/mol. The molecule has 3 heterocycles. The number of rotatable bonds is 7. The third kappa shape index (κ3) is 4.79. The first-order valence-corrected chi connectivity index (χ1v) is 11.6. The number of methoxy groups -OCH3 is 2. The number of piperazine rings is 1. The highest BCUT2D eigenvalue weighted by Gasteiger charge is 2.33. The molecule has 162 valence electrons. The molecule has 30 heavy (non-hydrogen) atoms. The third-order valence-corrected chi connectivity index (χ3v) is 6.91. The SMILES string of the molecule is COc1ccc(OC)c(C2CCCN2C(=O)CN2CCN(Cc3ccsc3)CC2)c1. The summed E-state index contributed by atoms with van der Waals surface area (Å²) in [5.41, 5.74) is 2.43. The Morgan fingerprint density at radius 2 is 1.87 bits per heavy atom. The van der Waals surface area contributed by atoms with Crippen LogP contribution in [0.15, 0.2) is 35.0 Å². The molecule has 6 nitrogen and oxygen atoms in total. The van der Waals surface area contributed by atoms with Gasteiger partial charge in [0.2, 0.25) is 5.91 Å². The topological polar surface area (TPSA) is 45.3 Å². The van der Waals surface area contributed by atoms with Crippen LogP contribution in [0.25, 0.3) is 0 Å². The van der Waals surface area contributed by atoms with Crippen molar-refractivity contribution in [1.82, 2.24) is 14.7 Å². The lowest BCUT2D eigenvalue weighted by molar-refractivity contribution is -0.133. The van der Waals surface area contributed by atoms with Crippen molar-refractivity contribution in [2.24, 2.45) is 0 Å². The van der Waals surface area contributed by atoms with Crippen molar-refractivity contribution in [3.05, 3.63) is 46.2 Å². The maximum atomic E-state index is 13.2. The highest BCUT2D eigenvalue weighted by atomic mass is 32.1. The summed E-state index contributed by atoms with van der Waals surface area (Å²) in [5.74, 6) is 1.84. The lowest BCUT2D eigenvalue weighted by atomic mass is 10.0. The Morgan fingerprint density at radius 3 is 2.57 bits per heavy atom. The van der Waals surface area contributed by atoms with Crippen molar-refractivity contribution in [3.8, 4) is 11.5 Å². The molecule has 2 aromatic rings. The quantitative estimate of drug-likeness (QED) is 0.676. The van der Waals surface area contributed by atoms with E-state index in [4.69, 9.17) is 9.47 Å². The third-order valence-electron chi connectivity index (χ3n) is 6.18. The molecule has 1 atom stereocenters. The molecule has 0 N–H and O–H groups in total. The first kappa shape index (κ1) is 21.2. The molecule has 0 bridgehead atoms. The minimum Gasteiger partial charge on any atom is -0.497 e. The van der Waals surface area contributed by atoms with Gasteiger partial charge in [0.1, 0.15) is 11.5 Å². The number of hydrogen-bond donors (Lipinski definition) is 0. The molecule has 0 saturated carbocycles. The number of benzene rings is 1. The van der Waals surface area contributed by atoms with Gasteiger partial charge in [-0.2, -0.15) is 11.3 Å². The number of thiophene rings is 1. The highest BCUT2D eigenvalue weighted by molar-refractivity contribution is 7.07. The minimum absolute atomic E-state index is 0.0578. The van der Waals surface area contributed by atoms with Gasteiger partial charge in [-0.3, -0.25) is 14.6 Å². The van der Waals surface area contributed by atoms with E-state index < -0.39 is 0 Å². The molecule has 0 spiro atoms. The number of nitrogens with zero attached hydrogens (tertiary/aromatic N) is 3. The molecule has 2 fully saturated rings. The Balaban J connectivity index is 1.35. The number of likely N-dealkylation sites (tertiary alicyclic amines) is 1. The smallest absolute Gasteiger partial charge is 0.237 e. The van der Waals surface area contributed by atoms with Crippen molar-refractivity contribution >= 4 is 17.2 Å². The fraction of sp³-hybridized carbons (Fsp3) is 0.522. The van der Waals surface area contributed by atoms with E-state index in [2.05, 4.69) is 26.6 Å². The summed E-state index contributed by atoms with van der Waals surface area (Å²) in [5, 5.41) is 4.35. The molecule has 1 amide bonds. The van der Waals surface area contributed by atoms with E-state index in [1.807, 2.05) is 23.1 Å². The van der Waals surface area contributed by atoms with Gasteiger partial charge in [0, 0.05) is 44.8 Å². The first-order chi connectivity index (χ1) is 14.7. The Kier molecular flexibility index (Phi) is 6.92. The number of hydrogen-bond acceptors (Lipinski definition) is 6. The second-order valence-corrected chi connectivity index (χ2v) is 8.82. The van der Waals surface area contributed by atoms with Gasteiger partial charge in [0.05, 0.1) is 26.8 Å². The van der Waals surface area contributed by atoms with Gasteiger partial charge in [-0.05, 0) is 53.4 Å². The highest BCUT2D eigenvalue weighted by Crippen LogP contribution is 2.39. The maximum Gasteiger partial charge on any atom is 0.237 e. The van der Waals surface area contributed by atoms with E-state index >= 15 is 0 Å². The normalized spacial score (nSPS) is 20.5. The van der Waals surface area contributed by atoms with Gasteiger partial charge in [-0.25, -0.2) is 0 Å². The number of ether oxygens (including phenoxy) is 2. The molecule has 1 aromatic carbocycles. The van der Waals surface area contributed by atoms with E-state index in [0.29, 0.717) is 6.54 Å². The molecule has 7 heteroatoms.